The van der Waals surface area contributed by atoms with Crippen molar-refractivity contribution in [3.8, 4) is 0 Å². The molecular formula is C14H13F3O5. The number of ether oxygens (including phenoxy) is 2. The molecule has 0 saturated heterocycles. The number of benzene rings is 1. The van der Waals surface area contributed by atoms with E-state index >= 15 is 0 Å². The van der Waals surface area contributed by atoms with E-state index in [4.69, 9.17) is 4.74 Å². The second-order valence-electron chi connectivity index (χ2n) is 4.31. The summed E-state index contributed by atoms with van der Waals surface area (Å²) in [6.07, 6.45) is -4.85. The number of hydrogen-bond acceptors (Lipinski definition) is 5. The van der Waals surface area contributed by atoms with E-state index < -0.39 is 23.7 Å². The van der Waals surface area contributed by atoms with Crippen molar-refractivity contribution in [2.45, 2.75) is 19.5 Å². The van der Waals surface area contributed by atoms with Crippen LogP contribution in [-0.4, -0.2) is 30.9 Å². The van der Waals surface area contributed by atoms with Gasteiger partial charge in [-0.15, -0.1) is 0 Å². The van der Waals surface area contributed by atoms with Crippen LogP contribution in [0.3, 0.4) is 0 Å². The molecule has 1 aromatic carbocycles. The van der Waals surface area contributed by atoms with E-state index in [1.54, 1.807) is 0 Å². The Morgan fingerprint density at radius 3 is 2.05 bits per heavy atom. The summed E-state index contributed by atoms with van der Waals surface area (Å²) in [5, 5.41) is 0. The van der Waals surface area contributed by atoms with E-state index in [0.29, 0.717) is 0 Å². The van der Waals surface area contributed by atoms with Crippen LogP contribution in [0, 0.1) is 0 Å². The van der Waals surface area contributed by atoms with Gasteiger partial charge in [0, 0.05) is 0 Å². The summed E-state index contributed by atoms with van der Waals surface area (Å²) < 4.78 is 46.4. The highest BCUT2D eigenvalue weighted by atomic mass is 19.4. The molecule has 22 heavy (non-hydrogen) atoms. The van der Waals surface area contributed by atoms with E-state index in [0.717, 1.165) is 24.3 Å². The molecule has 0 fully saturated rings. The summed E-state index contributed by atoms with van der Waals surface area (Å²) in [7, 11) is 0. The second kappa shape index (κ2) is 7.58. The number of ketones is 1. The lowest BCUT2D eigenvalue weighted by atomic mass is 10.1. The van der Waals surface area contributed by atoms with Crippen LogP contribution in [0.15, 0.2) is 24.3 Å². The molecule has 8 heteroatoms. The fourth-order valence-corrected chi connectivity index (χ4v) is 1.42. The summed E-state index contributed by atoms with van der Waals surface area (Å²) in [5.41, 5.74) is -0.926. The van der Waals surface area contributed by atoms with Crippen LogP contribution in [0.5, 0.6) is 0 Å². The molecule has 1 aromatic rings. The predicted molar refractivity (Wildman–Crippen MR) is 68.0 cm³/mol. The summed E-state index contributed by atoms with van der Waals surface area (Å²) in [4.78, 5) is 33.2. The van der Waals surface area contributed by atoms with Crippen LogP contribution in [0.2, 0.25) is 0 Å². The highest BCUT2D eigenvalue weighted by Crippen LogP contribution is 2.29. The van der Waals surface area contributed by atoms with Crippen LogP contribution in [0.4, 0.5) is 13.2 Å². The van der Waals surface area contributed by atoms with Gasteiger partial charge in [-0.1, -0.05) is 0 Å². The Morgan fingerprint density at radius 2 is 1.55 bits per heavy atom. The fraction of sp³-hybridized carbons (Fsp3) is 0.357. The third kappa shape index (κ3) is 5.94. The first-order chi connectivity index (χ1) is 10.2. The van der Waals surface area contributed by atoms with Gasteiger partial charge in [-0.05, 0) is 31.2 Å². The molecule has 1 rings (SSSR count). The lowest BCUT2D eigenvalue weighted by molar-refractivity contribution is -0.146. The topological polar surface area (TPSA) is 69.7 Å². The standard InChI is InChI=1S/C14H13F3O5/c1-9(18)8-12(19)21-6-7-22-13(20)10-2-4-11(5-3-10)14(15,16)17/h2-5H,6-8H2,1H3. The van der Waals surface area contributed by atoms with E-state index in [2.05, 4.69) is 4.74 Å². The second-order valence-corrected chi connectivity index (χ2v) is 4.31. The van der Waals surface area contributed by atoms with Gasteiger partial charge in [-0.25, -0.2) is 4.79 Å². The number of esters is 2. The van der Waals surface area contributed by atoms with Crippen LogP contribution < -0.4 is 0 Å². The molecular weight excluding hydrogens is 305 g/mol. The van der Waals surface area contributed by atoms with Crippen molar-refractivity contribution in [2.75, 3.05) is 13.2 Å². The number of carbonyl (C=O) groups excluding carboxylic acids is 3. The minimum absolute atomic E-state index is 0.0527. The van der Waals surface area contributed by atoms with Gasteiger partial charge >= 0.3 is 18.1 Å². The zero-order valence-corrected chi connectivity index (χ0v) is 11.6. The molecule has 0 N–H and O–H groups in total. The van der Waals surface area contributed by atoms with Crippen LogP contribution in [0.25, 0.3) is 0 Å². The van der Waals surface area contributed by atoms with Crippen molar-refractivity contribution in [3.05, 3.63) is 35.4 Å². The molecule has 0 saturated carbocycles. The number of rotatable bonds is 6. The first kappa shape index (κ1) is 17.7. The molecule has 0 amide bonds. The van der Waals surface area contributed by atoms with Gasteiger partial charge in [-0.2, -0.15) is 13.2 Å². The van der Waals surface area contributed by atoms with Crippen molar-refractivity contribution in [2.24, 2.45) is 0 Å². The van der Waals surface area contributed by atoms with Crippen LogP contribution >= 0.6 is 0 Å². The molecule has 5 nitrogen and oxygen atoms in total. The smallest absolute Gasteiger partial charge is 0.416 e. The van der Waals surface area contributed by atoms with Gasteiger partial charge in [0.25, 0.3) is 0 Å². The van der Waals surface area contributed by atoms with Gasteiger partial charge in [-0.3, -0.25) is 9.59 Å². The fourth-order valence-electron chi connectivity index (χ4n) is 1.42. The highest BCUT2D eigenvalue weighted by molar-refractivity contribution is 5.94. The van der Waals surface area contributed by atoms with Gasteiger partial charge in [0.2, 0.25) is 0 Å². The van der Waals surface area contributed by atoms with Gasteiger partial charge < -0.3 is 9.47 Å². The Labute approximate surface area is 124 Å². The Kier molecular flexibility index (Phi) is 6.09. The third-order valence-corrected chi connectivity index (χ3v) is 2.42. The third-order valence-electron chi connectivity index (χ3n) is 2.42. The average Bonchev–Trinajstić information content (AvgIpc) is 2.42. The van der Waals surface area contributed by atoms with Crippen molar-refractivity contribution in [3.63, 3.8) is 0 Å². The van der Waals surface area contributed by atoms with Crippen molar-refractivity contribution in [1.29, 1.82) is 0 Å². The Hall–Kier alpha value is -2.38. The zero-order chi connectivity index (χ0) is 16.8. The zero-order valence-electron chi connectivity index (χ0n) is 11.6. The lowest BCUT2D eigenvalue weighted by Crippen LogP contribution is -2.15. The summed E-state index contributed by atoms with van der Waals surface area (Å²) in [5.74, 6) is -1.93. The molecule has 0 aliphatic rings. The Morgan fingerprint density at radius 1 is 1.00 bits per heavy atom. The number of alkyl halides is 3. The summed E-state index contributed by atoms with van der Waals surface area (Å²) in [6.45, 7) is 0.730. The molecule has 0 aromatic heterocycles. The molecule has 120 valence electrons. The monoisotopic (exact) mass is 318 g/mol. The van der Waals surface area contributed by atoms with Gasteiger partial charge in [0.1, 0.15) is 25.4 Å². The maximum Gasteiger partial charge on any atom is 0.416 e. The number of hydrogen-bond donors (Lipinski definition) is 0. The van der Waals surface area contributed by atoms with Gasteiger partial charge in [0.05, 0.1) is 11.1 Å². The van der Waals surface area contributed by atoms with E-state index in [9.17, 15) is 27.6 Å². The first-order valence-electron chi connectivity index (χ1n) is 6.19. The van der Waals surface area contributed by atoms with Crippen molar-refractivity contribution >= 4 is 17.7 Å². The Bertz CT molecular complexity index is 549. The van der Waals surface area contributed by atoms with E-state index in [-0.39, 0.29) is 31.0 Å². The quantitative estimate of drug-likeness (QED) is 0.457. The minimum Gasteiger partial charge on any atom is -0.462 e. The van der Waals surface area contributed by atoms with E-state index in [1.165, 1.54) is 6.92 Å². The molecule has 0 unspecified atom stereocenters. The van der Waals surface area contributed by atoms with Gasteiger partial charge in [0.15, 0.2) is 0 Å². The number of carbonyl (C=O) groups is 3. The summed E-state index contributed by atoms with van der Waals surface area (Å²) in [6, 6.07) is 3.52. The van der Waals surface area contributed by atoms with Crippen molar-refractivity contribution in [1.82, 2.24) is 0 Å². The largest absolute Gasteiger partial charge is 0.462 e. The Balaban J connectivity index is 2.40. The molecule has 0 aliphatic carbocycles. The van der Waals surface area contributed by atoms with E-state index in [1.807, 2.05) is 0 Å². The SMILES string of the molecule is CC(=O)CC(=O)OCCOC(=O)c1ccc(C(F)(F)F)cc1. The maximum absolute atomic E-state index is 12.3. The number of halogens is 3. The molecule has 0 heterocycles. The molecule has 0 aliphatic heterocycles. The summed E-state index contributed by atoms with van der Waals surface area (Å²) >= 11 is 0. The average molecular weight is 318 g/mol. The molecule has 0 bridgehead atoms. The first-order valence-corrected chi connectivity index (χ1v) is 6.19. The lowest BCUT2D eigenvalue weighted by Gasteiger charge is -2.08. The molecule has 0 spiro atoms. The highest BCUT2D eigenvalue weighted by Gasteiger charge is 2.30. The predicted octanol–water partition coefficient (Wildman–Crippen LogP) is 2.38. The molecule has 0 radical (unpaired) electrons. The normalized spacial score (nSPS) is 10.9. The van der Waals surface area contributed by atoms with Crippen molar-refractivity contribution < 1.29 is 37.0 Å². The van der Waals surface area contributed by atoms with Crippen LogP contribution in [0.1, 0.15) is 29.3 Å². The molecule has 0 atom stereocenters. The maximum atomic E-state index is 12.3. The minimum atomic E-state index is -4.48. The van der Waals surface area contributed by atoms with Crippen LogP contribution in [-0.2, 0) is 25.2 Å². The number of Topliss-reactive ketones (excluding diaryl/α,β-unsaturated/α-hetero) is 1.